The molecule has 5 heteroatoms. The summed E-state index contributed by atoms with van der Waals surface area (Å²) >= 11 is 12.0. The largest absolute Gasteiger partial charge is 0.274 e. The van der Waals surface area contributed by atoms with Crippen molar-refractivity contribution >= 4 is 40.7 Å². The van der Waals surface area contributed by atoms with Crippen LogP contribution in [0.5, 0.6) is 0 Å². The maximum Gasteiger partial charge on any atom is 0.238 e. The van der Waals surface area contributed by atoms with E-state index in [1.54, 1.807) is 18.2 Å². The van der Waals surface area contributed by atoms with Crippen molar-refractivity contribution in [1.82, 2.24) is 0 Å². The van der Waals surface area contributed by atoms with E-state index in [9.17, 15) is 9.59 Å². The van der Waals surface area contributed by atoms with Gasteiger partial charge in [-0.15, -0.1) is 0 Å². The van der Waals surface area contributed by atoms with E-state index in [1.165, 1.54) is 4.90 Å². The molecule has 0 radical (unpaired) electrons. The third kappa shape index (κ3) is 1.40. The Kier molecular flexibility index (Phi) is 2.36. The van der Waals surface area contributed by atoms with E-state index < -0.39 is 0 Å². The van der Waals surface area contributed by atoms with E-state index in [0.717, 1.165) is 12.8 Å². The van der Waals surface area contributed by atoms with Gasteiger partial charge in [-0.05, 0) is 48.3 Å². The molecule has 1 spiro atoms. The molecule has 0 N–H and O–H groups in total. The number of allylic oxidation sites excluding steroid dienone is 2. The number of fused-ring (bicyclic) bond motifs is 3. The highest BCUT2D eigenvalue weighted by atomic mass is 35.5. The molecule has 0 aromatic heterocycles. The van der Waals surface area contributed by atoms with Gasteiger partial charge in [0.2, 0.25) is 11.8 Å². The van der Waals surface area contributed by atoms with Crippen LogP contribution in [0.1, 0.15) is 12.8 Å². The van der Waals surface area contributed by atoms with Gasteiger partial charge in [0.25, 0.3) is 0 Å². The maximum atomic E-state index is 12.9. The number of carbonyl (C=O) groups is 2. The molecule has 3 fully saturated rings. The summed E-state index contributed by atoms with van der Waals surface area (Å²) in [6.07, 6.45) is 6.62. The fourth-order valence-electron chi connectivity index (χ4n) is 5.00. The first-order valence-electron chi connectivity index (χ1n) is 7.55. The van der Waals surface area contributed by atoms with Crippen molar-refractivity contribution in [2.75, 3.05) is 4.90 Å². The summed E-state index contributed by atoms with van der Waals surface area (Å²) < 4.78 is 0. The van der Waals surface area contributed by atoms with Gasteiger partial charge in [0.05, 0.1) is 17.5 Å². The number of carbonyl (C=O) groups excluding carboxylic acids is 2. The van der Waals surface area contributed by atoms with Crippen LogP contribution in [-0.4, -0.2) is 11.8 Å². The van der Waals surface area contributed by atoms with E-state index in [1.807, 2.05) is 0 Å². The molecular formula is C17H13Cl2NO2. The molecular weight excluding hydrogens is 321 g/mol. The summed E-state index contributed by atoms with van der Waals surface area (Å²) in [6, 6.07) is 4.86. The van der Waals surface area contributed by atoms with Gasteiger partial charge < -0.3 is 0 Å². The molecule has 0 unspecified atom stereocenters. The van der Waals surface area contributed by atoms with Gasteiger partial charge in [-0.3, -0.25) is 9.59 Å². The molecule has 5 rings (SSSR count). The molecule has 1 aromatic rings. The Morgan fingerprint density at radius 2 is 1.41 bits per heavy atom. The van der Waals surface area contributed by atoms with Crippen LogP contribution in [0.25, 0.3) is 0 Å². The number of nitrogens with zero attached hydrogens (tertiary/aromatic N) is 1. The van der Waals surface area contributed by atoms with Crippen molar-refractivity contribution in [2.24, 2.45) is 29.1 Å². The van der Waals surface area contributed by atoms with Crippen molar-refractivity contribution in [2.45, 2.75) is 12.8 Å². The number of benzene rings is 1. The van der Waals surface area contributed by atoms with Crippen LogP contribution in [-0.2, 0) is 9.59 Å². The van der Waals surface area contributed by atoms with E-state index in [-0.39, 0.29) is 40.9 Å². The van der Waals surface area contributed by atoms with Crippen LogP contribution in [0.3, 0.4) is 0 Å². The average molecular weight is 334 g/mol. The summed E-state index contributed by atoms with van der Waals surface area (Å²) in [5.74, 6) is -0.0874. The molecule has 1 saturated heterocycles. The van der Waals surface area contributed by atoms with Crippen molar-refractivity contribution in [3.63, 3.8) is 0 Å². The van der Waals surface area contributed by atoms with Crippen molar-refractivity contribution < 1.29 is 9.59 Å². The van der Waals surface area contributed by atoms with Crippen molar-refractivity contribution in [1.29, 1.82) is 0 Å². The smallest absolute Gasteiger partial charge is 0.238 e. The second-order valence-electron chi connectivity index (χ2n) is 6.86. The minimum Gasteiger partial charge on any atom is -0.274 e. The third-order valence-electron chi connectivity index (χ3n) is 5.96. The zero-order valence-corrected chi connectivity index (χ0v) is 13.1. The molecule has 1 aromatic carbocycles. The number of anilines is 1. The van der Waals surface area contributed by atoms with Gasteiger partial charge in [-0.1, -0.05) is 35.4 Å². The summed E-state index contributed by atoms with van der Waals surface area (Å²) in [5.41, 5.74) is 0.713. The maximum absolute atomic E-state index is 12.9. The minimum atomic E-state index is -0.192. The quantitative estimate of drug-likeness (QED) is 0.580. The lowest BCUT2D eigenvalue weighted by molar-refractivity contribution is -0.123. The molecule has 1 aliphatic heterocycles. The summed E-state index contributed by atoms with van der Waals surface area (Å²) in [4.78, 5) is 27.1. The first kappa shape index (κ1) is 13.1. The first-order chi connectivity index (χ1) is 10.5. The molecule has 2 amide bonds. The second kappa shape index (κ2) is 3.95. The lowest BCUT2D eigenvalue weighted by Gasteiger charge is -2.22. The lowest BCUT2D eigenvalue weighted by atomic mass is 9.85. The number of rotatable bonds is 1. The Morgan fingerprint density at radius 3 is 1.86 bits per heavy atom. The minimum absolute atomic E-state index is 0.0866. The number of amides is 2. The monoisotopic (exact) mass is 333 g/mol. The van der Waals surface area contributed by atoms with E-state index in [0.29, 0.717) is 15.7 Å². The molecule has 4 atom stereocenters. The van der Waals surface area contributed by atoms with Crippen LogP contribution in [0, 0.1) is 29.1 Å². The SMILES string of the molecule is O=C1[C@@H]2[C@H](C(=O)N1c1cc(Cl)cc(Cl)c1)[C@@H]1C=C[C@@H]2C12CC2. The Labute approximate surface area is 137 Å². The van der Waals surface area contributed by atoms with E-state index >= 15 is 0 Å². The first-order valence-corrected chi connectivity index (χ1v) is 8.31. The zero-order chi connectivity index (χ0) is 15.2. The number of halogens is 2. The van der Waals surface area contributed by atoms with Gasteiger partial charge in [0, 0.05) is 10.0 Å². The molecule has 22 heavy (non-hydrogen) atoms. The van der Waals surface area contributed by atoms with Gasteiger partial charge in [-0.25, -0.2) is 4.90 Å². The predicted molar refractivity (Wildman–Crippen MR) is 83.7 cm³/mol. The number of imide groups is 1. The normalized spacial score (nSPS) is 36.5. The molecule has 4 aliphatic rings. The highest BCUT2D eigenvalue weighted by Gasteiger charge is 2.73. The topological polar surface area (TPSA) is 37.4 Å². The summed E-state index contributed by atoms with van der Waals surface area (Å²) in [5, 5.41) is 0.861. The van der Waals surface area contributed by atoms with Gasteiger partial charge in [0.1, 0.15) is 0 Å². The fraction of sp³-hybridized carbons (Fsp3) is 0.412. The Bertz CT molecular complexity index is 714. The average Bonchev–Trinajstić information content (AvgIpc) is 3.04. The summed E-state index contributed by atoms with van der Waals surface area (Å²) in [7, 11) is 0. The Balaban J connectivity index is 1.59. The van der Waals surface area contributed by atoms with Crippen molar-refractivity contribution in [3.05, 3.63) is 40.4 Å². The Hall–Kier alpha value is -1.32. The molecule has 112 valence electrons. The van der Waals surface area contributed by atoms with Gasteiger partial charge >= 0.3 is 0 Å². The standard InChI is InChI=1S/C17H13Cl2NO2/c18-8-5-9(19)7-10(6-8)20-15(21)13-11-1-2-12(14(13)16(20)22)17(11)3-4-17/h1-2,5-7,11-14H,3-4H2/t11-,12-,13-,14+/m0/s1. The van der Waals surface area contributed by atoms with Crippen molar-refractivity contribution in [3.8, 4) is 0 Å². The molecule has 3 aliphatic carbocycles. The highest BCUT2D eigenvalue weighted by molar-refractivity contribution is 6.35. The number of hydrogen-bond acceptors (Lipinski definition) is 2. The molecule has 2 saturated carbocycles. The second-order valence-corrected chi connectivity index (χ2v) is 7.73. The predicted octanol–water partition coefficient (Wildman–Crippen LogP) is 3.70. The summed E-state index contributed by atoms with van der Waals surface area (Å²) in [6.45, 7) is 0. The Morgan fingerprint density at radius 1 is 0.909 bits per heavy atom. The van der Waals surface area contributed by atoms with Crippen LogP contribution in [0.4, 0.5) is 5.69 Å². The van der Waals surface area contributed by atoms with E-state index in [2.05, 4.69) is 12.2 Å². The van der Waals surface area contributed by atoms with Crippen LogP contribution >= 0.6 is 23.2 Å². The molecule has 3 nitrogen and oxygen atoms in total. The third-order valence-corrected chi connectivity index (χ3v) is 6.39. The van der Waals surface area contributed by atoms with Gasteiger partial charge in [0.15, 0.2) is 0 Å². The van der Waals surface area contributed by atoms with E-state index in [4.69, 9.17) is 23.2 Å². The van der Waals surface area contributed by atoms with Crippen LogP contribution < -0.4 is 4.90 Å². The fourth-order valence-corrected chi connectivity index (χ4v) is 5.52. The van der Waals surface area contributed by atoms with Crippen LogP contribution in [0.2, 0.25) is 10.0 Å². The molecule has 2 bridgehead atoms. The van der Waals surface area contributed by atoms with Crippen LogP contribution in [0.15, 0.2) is 30.4 Å². The highest BCUT2D eigenvalue weighted by Crippen LogP contribution is 2.73. The zero-order valence-electron chi connectivity index (χ0n) is 11.6. The van der Waals surface area contributed by atoms with Gasteiger partial charge in [-0.2, -0.15) is 0 Å². The number of hydrogen-bond donors (Lipinski definition) is 0. The lowest BCUT2D eigenvalue weighted by Crippen LogP contribution is -2.34. The molecule has 1 heterocycles.